The molecule has 300 valence electrons. The molecule has 0 bridgehead atoms. The van der Waals surface area contributed by atoms with E-state index in [0.717, 1.165) is 35.3 Å². The predicted molar refractivity (Wildman–Crippen MR) is 208 cm³/mol. The number of aliphatic imine (C=N–C) groups is 1. The van der Waals surface area contributed by atoms with Gasteiger partial charge in [0.05, 0.1) is 28.7 Å². The number of benzene rings is 2. The Morgan fingerprint density at radius 3 is 2.53 bits per heavy atom. The first-order valence-corrected chi connectivity index (χ1v) is 18.9. The van der Waals surface area contributed by atoms with Gasteiger partial charge < -0.3 is 20.4 Å². The maximum absolute atomic E-state index is 14.1. The SMILES string of the molecule is C=N/C(=C\C(=C/C)c1nc(C(=O)Nc2cn(-c3ccc(CNCCCc4ccc5c(c4)C(=O)N(C4CCC(=O)NC4=O)C5=O)cc3)nc2C(F)F)co1)NCC1CC1. The second-order valence-electron chi connectivity index (χ2n) is 14.2. The monoisotopic (exact) mass is 793 g/mol. The summed E-state index contributed by atoms with van der Waals surface area (Å²) in [5.74, 6) is -1.60. The second-order valence-corrected chi connectivity index (χ2v) is 14.2. The van der Waals surface area contributed by atoms with E-state index in [-0.39, 0.29) is 41.2 Å². The van der Waals surface area contributed by atoms with Crippen LogP contribution in [0.5, 0.6) is 0 Å². The molecule has 2 fully saturated rings. The van der Waals surface area contributed by atoms with Crippen LogP contribution in [0.25, 0.3) is 11.3 Å². The molecule has 1 unspecified atom stereocenters. The molecule has 1 saturated carbocycles. The predicted octanol–water partition coefficient (Wildman–Crippen LogP) is 5.12. The van der Waals surface area contributed by atoms with E-state index in [1.807, 2.05) is 12.1 Å². The van der Waals surface area contributed by atoms with Gasteiger partial charge >= 0.3 is 0 Å². The van der Waals surface area contributed by atoms with Crippen LogP contribution in [0.3, 0.4) is 0 Å². The lowest BCUT2D eigenvalue weighted by atomic mass is 10.0. The molecule has 1 atom stereocenters. The number of fused-ring (bicyclic) bond motifs is 1. The molecule has 2 aliphatic heterocycles. The largest absolute Gasteiger partial charge is 0.444 e. The molecule has 1 saturated heterocycles. The normalized spacial score (nSPS) is 17.2. The zero-order valence-electron chi connectivity index (χ0n) is 31.6. The highest BCUT2D eigenvalue weighted by molar-refractivity contribution is 6.23. The zero-order chi connectivity index (χ0) is 40.9. The highest BCUT2D eigenvalue weighted by Gasteiger charge is 2.44. The van der Waals surface area contributed by atoms with Gasteiger partial charge in [-0.2, -0.15) is 5.10 Å². The molecule has 3 aliphatic rings. The maximum atomic E-state index is 14.1. The molecule has 7 rings (SSSR count). The van der Waals surface area contributed by atoms with Crippen molar-refractivity contribution in [1.29, 1.82) is 0 Å². The Balaban J connectivity index is 0.906. The van der Waals surface area contributed by atoms with Crippen molar-refractivity contribution < 1.29 is 37.2 Å². The summed E-state index contributed by atoms with van der Waals surface area (Å²) < 4.78 is 34.9. The van der Waals surface area contributed by atoms with Crippen LogP contribution in [0.1, 0.15) is 99.4 Å². The number of rotatable bonds is 17. The molecule has 17 heteroatoms. The van der Waals surface area contributed by atoms with Gasteiger partial charge in [-0.25, -0.2) is 23.4 Å². The van der Waals surface area contributed by atoms with Crippen molar-refractivity contribution >= 4 is 47.5 Å². The van der Waals surface area contributed by atoms with Crippen LogP contribution in [-0.4, -0.2) is 75.0 Å². The number of allylic oxidation sites excluding steroid dienone is 3. The van der Waals surface area contributed by atoms with Crippen LogP contribution >= 0.6 is 0 Å². The number of piperidine rings is 1. The number of aromatic nitrogens is 3. The number of nitrogens with one attached hydrogen (secondary N) is 4. The van der Waals surface area contributed by atoms with Crippen molar-refractivity contribution in [3.8, 4) is 5.69 Å². The van der Waals surface area contributed by atoms with Gasteiger partial charge in [0.15, 0.2) is 11.4 Å². The minimum atomic E-state index is -2.96. The number of amides is 5. The van der Waals surface area contributed by atoms with Gasteiger partial charge in [-0.3, -0.25) is 34.2 Å². The summed E-state index contributed by atoms with van der Waals surface area (Å²) in [5.41, 5.74) is 2.46. The number of alkyl halides is 2. The molecule has 0 spiro atoms. The van der Waals surface area contributed by atoms with Crippen LogP contribution < -0.4 is 21.3 Å². The fraction of sp³-hybridized carbons (Fsp3) is 0.317. The molecule has 5 amide bonds. The number of anilines is 1. The Labute approximate surface area is 331 Å². The molecule has 4 aromatic rings. The summed E-state index contributed by atoms with van der Waals surface area (Å²) in [6.07, 6.45) is 6.79. The van der Waals surface area contributed by atoms with E-state index in [2.05, 4.69) is 43.1 Å². The van der Waals surface area contributed by atoms with Crippen molar-refractivity contribution in [2.45, 2.75) is 64.5 Å². The van der Waals surface area contributed by atoms with E-state index >= 15 is 0 Å². The van der Waals surface area contributed by atoms with E-state index in [0.29, 0.717) is 42.5 Å². The van der Waals surface area contributed by atoms with E-state index in [9.17, 15) is 32.8 Å². The number of nitrogens with zero attached hydrogens (tertiary/aromatic N) is 5. The molecular formula is C41H41F2N9O6. The Bertz CT molecular complexity index is 2330. The van der Waals surface area contributed by atoms with Crippen molar-refractivity contribution in [2.24, 2.45) is 10.9 Å². The van der Waals surface area contributed by atoms with Gasteiger partial charge in [-0.15, -0.1) is 0 Å². The summed E-state index contributed by atoms with van der Waals surface area (Å²) >= 11 is 0. The molecule has 4 N–H and O–H groups in total. The highest BCUT2D eigenvalue weighted by atomic mass is 19.3. The van der Waals surface area contributed by atoms with E-state index in [1.165, 1.54) is 23.7 Å². The first kappa shape index (κ1) is 39.6. The molecular weight excluding hydrogens is 753 g/mol. The maximum Gasteiger partial charge on any atom is 0.284 e. The van der Waals surface area contributed by atoms with Crippen LogP contribution in [0.15, 0.2) is 82.3 Å². The van der Waals surface area contributed by atoms with Crippen molar-refractivity contribution in [3.05, 3.63) is 112 Å². The number of hydrogen-bond donors (Lipinski definition) is 4. The fourth-order valence-corrected chi connectivity index (χ4v) is 6.70. The lowest BCUT2D eigenvalue weighted by Crippen LogP contribution is -2.54. The van der Waals surface area contributed by atoms with E-state index < -0.39 is 47.7 Å². The molecule has 0 radical (unpaired) electrons. The van der Waals surface area contributed by atoms with Gasteiger partial charge in [0.25, 0.3) is 24.1 Å². The third-order valence-electron chi connectivity index (χ3n) is 10.1. The standard InChI is InChI=1S/C41H41F2N9O6/c1-3-26(18-33(44-2)46-20-25-6-7-25)39-48-31(22-58-39)37(54)47-30-21-51(50-35(30)36(42)43)27-11-8-24(9-12-27)19-45-16-4-5-23-10-13-28-29(17-23)41(57)52(40(28)56)32-14-15-34(53)49-38(32)55/h3,8-13,17-18,21-22,25,32,36,45-46H,2,4-7,14-16,19-20H2,1H3,(H,47,54)(H,49,53,55)/b26-3+,33-18+. The Hall–Kier alpha value is -6.62. The minimum absolute atomic E-state index is 0.0557. The van der Waals surface area contributed by atoms with Gasteiger partial charge in [-0.1, -0.05) is 24.3 Å². The highest BCUT2D eigenvalue weighted by Crippen LogP contribution is 2.31. The fourth-order valence-electron chi connectivity index (χ4n) is 6.70. The molecule has 2 aromatic heterocycles. The number of carbonyl (C=O) groups is 5. The van der Waals surface area contributed by atoms with Gasteiger partial charge in [0, 0.05) is 25.1 Å². The second kappa shape index (κ2) is 17.3. The summed E-state index contributed by atoms with van der Waals surface area (Å²) in [6, 6.07) is 11.2. The molecule has 58 heavy (non-hydrogen) atoms. The molecule has 1 aliphatic carbocycles. The van der Waals surface area contributed by atoms with E-state index in [4.69, 9.17) is 4.42 Å². The Morgan fingerprint density at radius 1 is 1.07 bits per heavy atom. The van der Waals surface area contributed by atoms with Crippen molar-refractivity contribution in [3.63, 3.8) is 0 Å². The summed E-state index contributed by atoms with van der Waals surface area (Å²) in [5, 5.41) is 15.3. The topological polar surface area (TPSA) is 193 Å². The minimum Gasteiger partial charge on any atom is -0.444 e. The van der Waals surface area contributed by atoms with Crippen LogP contribution in [0, 0.1) is 5.92 Å². The summed E-state index contributed by atoms with van der Waals surface area (Å²) in [6.45, 7) is 7.31. The van der Waals surface area contributed by atoms with Crippen molar-refractivity contribution in [2.75, 3.05) is 18.4 Å². The van der Waals surface area contributed by atoms with Gasteiger partial charge in [-0.05, 0) is 99.7 Å². The first-order valence-electron chi connectivity index (χ1n) is 18.9. The number of imide groups is 2. The zero-order valence-corrected chi connectivity index (χ0v) is 31.6. The quantitative estimate of drug-likeness (QED) is 0.0483. The summed E-state index contributed by atoms with van der Waals surface area (Å²) in [7, 11) is 0. The van der Waals surface area contributed by atoms with E-state index in [1.54, 1.807) is 49.4 Å². The van der Waals surface area contributed by atoms with Crippen molar-refractivity contribution in [1.82, 2.24) is 35.6 Å². The molecule has 15 nitrogen and oxygen atoms in total. The number of oxazole rings is 1. The lowest BCUT2D eigenvalue weighted by Gasteiger charge is -2.27. The summed E-state index contributed by atoms with van der Waals surface area (Å²) in [4.78, 5) is 72.3. The number of hydrogen-bond acceptors (Lipinski definition) is 11. The van der Waals surface area contributed by atoms with Gasteiger partial charge in [0.1, 0.15) is 18.1 Å². The third kappa shape index (κ3) is 8.83. The number of aryl methyl sites for hydroxylation is 1. The average Bonchev–Trinajstić information content (AvgIpc) is 3.63. The number of carbonyl (C=O) groups excluding carboxylic acids is 5. The smallest absolute Gasteiger partial charge is 0.284 e. The molecule has 2 aromatic carbocycles. The lowest BCUT2D eigenvalue weighted by molar-refractivity contribution is -0.136. The average molecular weight is 794 g/mol. The first-order chi connectivity index (χ1) is 28.0. The third-order valence-corrected chi connectivity index (χ3v) is 10.1. The number of halogens is 2. The van der Waals surface area contributed by atoms with Gasteiger partial charge in [0.2, 0.25) is 17.7 Å². The Kier molecular flexibility index (Phi) is 11.8. The Morgan fingerprint density at radius 2 is 1.83 bits per heavy atom. The van der Waals surface area contributed by atoms with Crippen LogP contribution in [0.4, 0.5) is 14.5 Å². The molecule has 4 heterocycles. The van der Waals surface area contributed by atoms with Crippen LogP contribution in [-0.2, 0) is 22.6 Å². The van der Waals surface area contributed by atoms with Crippen LogP contribution in [0.2, 0.25) is 0 Å².